The van der Waals surface area contributed by atoms with Gasteiger partial charge in [0.25, 0.3) is 0 Å². The summed E-state index contributed by atoms with van der Waals surface area (Å²) in [5, 5.41) is 0. The lowest BCUT2D eigenvalue weighted by Gasteiger charge is -2.05. The number of hydrogen-bond donors (Lipinski definition) is 0. The minimum absolute atomic E-state index is 1.14. The van der Waals surface area contributed by atoms with Gasteiger partial charge in [-0.1, -0.05) is 43.7 Å². The molecule has 1 aromatic heterocycles. The molecule has 2 aromatic rings. The molecule has 1 heterocycles. The lowest BCUT2D eigenvalue weighted by Crippen LogP contribution is -1.91. The average Bonchev–Trinajstić information content (AvgIpc) is 2.46. The fraction of sp³-hybridized carbons (Fsp3) is 0.389. The zero-order valence-electron chi connectivity index (χ0n) is 11.8. The summed E-state index contributed by atoms with van der Waals surface area (Å²) in [4.78, 5) is 4.15. The second kappa shape index (κ2) is 7.73. The van der Waals surface area contributed by atoms with Gasteiger partial charge in [-0.05, 0) is 54.9 Å². The Hall–Kier alpha value is -1.63. The third-order valence-corrected chi connectivity index (χ3v) is 3.43. The summed E-state index contributed by atoms with van der Waals surface area (Å²) >= 11 is 0. The van der Waals surface area contributed by atoms with E-state index in [2.05, 4.69) is 42.2 Å². The number of unbranched alkanes of at least 4 members (excludes halogenated alkanes) is 1. The van der Waals surface area contributed by atoms with Gasteiger partial charge >= 0.3 is 0 Å². The van der Waals surface area contributed by atoms with Gasteiger partial charge in [-0.3, -0.25) is 4.98 Å². The normalized spacial score (nSPS) is 10.6. The van der Waals surface area contributed by atoms with E-state index in [4.69, 9.17) is 0 Å². The van der Waals surface area contributed by atoms with Crippen LogP contribution in [0.25, 0.3) is 0 Å². The summed E-state index contributed by atoms with van der Waals surface area (Å²) in [6.07, 6.45) is 11.1. The maximum Gasteiger partial charge on any atom is 0.0299 e. The zero-order valence-corrected chi connectivity index (χ0v) is 11.8. The summed E-state index contributed by atoms with van der Waals surface area (Å²) in [6, 6.07) is 13.2. The van der Waals surface area contributed by atoms with Crippen molar-refractivity contribution in [3.05, 3.63) is 65.5 Å². The fourth-order valence-corrected chi connectivity index (χ4v) is 2.43. The Bertz CT molecular complexity index is 476. The molecule has 0 unspecified atom stereocenters. The van der Waals surface area contributed by atoms with Crippen molar-refractivity contribution < 1.29 is 0 Å². The summed E-state index contributed by atoms with van der Waals surface area (Å²) in [5.74, 6) is 0. The maximum absolute atomic E-state index is 4.15. The first-order valence-corrected chi connectivity index (χ1v) is 7.35. The molecule has 0 N–H and O–H groups in total. The van der Waals surface area contributed by atoms with Crippen LogP contribution in [0.4, 0.5) is 0 Å². The van der Waals surface area contributed by atoms with E-state index >= 15 is 0 Å². The third kappa shape index (κ3) is 4.86. The topological polar surface area (TPSA) is 12.9 Å². The number of rotatable bonds is 7. The van der Waals surface area contributed by atoms with Crippen LogP contribution in [0.1, 0.15) is 42.9 Å². The number of aromatic nitrogens is 1. The molecule has 0 saturated heterocycles. The molecule has 0 aliphatic carbocycles. The van der Waals surface area contributed by atoms with Crippen LogP contribution in [0, 0.1) is 0 Å². The van der Waals surface area contributed by atoms with Crippen LogP contribution in [0.3, 0.4) is 0 Å². The molecule has 0 fully saturated rings. The van der Waals surface area contributed by atoms with Crippen molar-refractivity contribution in [3.8, 4) is 0 Å². The molecule has 0 aliphatic rings. The van der Waals surface area contributed by atoms with Gasteiger partial charge in [0, 0.05) is 12.4 Å². The average molecular weight is 253 g/mol. The van der Waals surface area contributed by atoms with Crippen molar-refractivity contribution in [2.45, 2.75) is 45.4 Å². The lowest BCUT2D eigenvalue weighted by molar-refractivity contribution is 0.731. The van der Waals surface area contributed by atoms with Gasteiger partial charge in [-0.2, -0.15) is 0 Å². The molecule has 100 valence electrons. The first-order chi connectivity index (χ1) is 9.38. The Balaban J connectivity index is 1.75. The van der Waals surface area contributed by atoms with Gasteiger partial charge < -0.3 is 0 Å². The minimum atomic E-state index is 1.14. The molecule has 0 atom stereocenters. The Labute approximate surface area is 116 Å². The van der Waals surface area contributed by atoms with Crippen LogP contribution in [-0.4, -0.2) is 4.98 Å². The quantitative estimate of drug-likeness (QED) is 0.657. The summed E-state index contributed by atoms with van der Waals surface area (Å²) in [5.41, 5.74) is 4.31. The summed E-state index contributed by atoms with van der Waals surface area (Å²) < 4.78 is 0. The number of benzene rings is 1. The lowest BCUT2D eigenvalue weighted by atomic mass is 10.0. The van der Waals surface area contributed by atoms with E-state index in [9.17, 15) is 0 Å². The van der Waals surface area contributed by atoms with Gasteiger partial charge in [0.2, 0.25) is 0 Å². The molecule has 19 heavy (non-hydrogen) atoms. The van der Waals surface area contributed by atoms with Crippen molar-refractivity contribution in [1.29, 1.82) is 0 Å². The van der Waals surface area contributed by atoms with E-state index in [1.807, 2.05) is 18.5 Å². The SMILES string of the molecule is CCCc1cccc(CCCCc2cccnc2)c1. The zero-order chi connectivity index (χ0) is 13.3. The Morgan fingerprint density at radius 1 is 0.842 bits per heavy atom. The smallest absolute Gasteiger partial charge is 0.0299 e. The molecule has 0 bridgehead atoms. The van der Waals surface area contributed by atoms with E-state index in [0.717, 1.165) is 6.42 Å². The second-order valence-electron chi connectivity index (χ2n) is 5.14. The van der Waals surface area contributed by atoms with Gasteiger partial charge in [0.1, 0.15) is 0 Å². The molecule has 0 amide bonds. The molecule has 2 rings (SSSR count). The molecular weight excluding hydrogens is 230 g/mol. The van der Waals surface area contributed by atoms with Gasteiger partial charge in [-0.25, -0.2) is 0 Å². The standard InChI is InChI=1S/C18H23N/c1-2-7-16-10-5-11-17(14-16)8-3-4-9-18-12-6-13-19-15-18/h5-6,10-15H,2-4,7-9H2,1H3. The number of aryl methyl sites for hydroxylation is 3. The largest absolute Gasteiger partial charge is 0.264 e. The van der Waals surface area contributed by atoms with Gasteiger partial charge in [0.15, 0.2) is 0 Å². The van der Waals surface area contributed by atoms with Crippen LogP contribution in [-0.2, 0) is 19.3 Å². The van der Waals surface area contributed by atoms with Crippen LogP contribution >= 0.6 is 0 Å². The first kappa shape index (κ1) is 13.8. The molecule has 1 aromatic carbocycles. The highest BCUT2D eigenvalue weighted by atomic mass is 14.6. The maximum atomic E-state index is 4.15. The van der Waals surface area contributed by atoms with E-state index in [1.165, 1.54) is 48.8 Å². The highest BCUT2D eigenvalue weighted by Crippen LogP contribution is 2.12. The van der Waals surface area contributed by atoms with E-state index in [1.54, 1.807) is 0 Å². The monoisotopic (exact) mass is 253 g/mol. The molecule has 0 radical (unpaired) electrons. The highest BCUT2D eigenvalue weighted by molar-refractivity contribution is 5.23. The number of pyridine rings is 1. The van der Waals surface area contributed by atoms with Gasteiger partial charge in [0.05, 0.1) is 0 Å². The second-order valence-corrected chi connectivity index (χ2v) is 5.14. The van der Waals surface area contributed by atoms with Crippen molar-refractivity contribution >= 4 is 0 Å². The summed E-state index contributed by atoms with van der Waals surface area (Å²) in [6.45, 7) is 2.24. The van der Waals surface area contributed by atoms with Crippen LogP contribution in [0.2, 0.25) is 0 Å². The van der Waals surface area contributed by atoms with Crippen LogP contribution in [0.15, 0.2) is 48.8 Å². The predicted octanol–water partition coefficient (Wildman–Crippen LogP) is 4.60. The van der Waals surface area contributed by atoms with Crippen LogP contribution < -0.4 is 0 Å². The Kier molecular flexibility index (Phi) is 5.61. The Morgan fingerprint density at radius 2 is 1.53 bits per heavy atom. The molecule has 1 nitrogen and oxygen atoms in total. The summed E-state index contributed by atoms with van der Waals surface area (Å²) in [7, 11) is 0. The minimum Gasteiger partial charge on any atom is -0.264 e. The molecule has 1 heteroatoms. The Morgan fingerprint density at radius 3 is 2.21 bits per heavy atom. The third-order valence-electron chi connectivity index (χ3n) is 3.43. The predicted molar refractivity (Wildman–Crippen MR) is 81.3 cm³/mol. The van der Waals surface area contributed by atoms with Crippen molar-refractivity contribution in [3.63, 3.8) is 0 Å². The van der Waals surface area contributed by atoms with Crippen molar-refractivity contribution in [1.82, 2.24) is 4.98 Å². The van der Waals surface area contributed by atoms with E-state index in [0.29, 0.717) is 0 Å². The molecule has 0 aliphatic heterocycles. The van der Waals surface area contributed by atoms with Gasteiger partial charge in [-0.15, -0.1) is 0 Å². The van der Waals surface area contributed by atoms with Crippen molar-refractivity contribution in [2.75, 3.05) is 0 Å². The number of hydrogen-bond acceptors (Lipinski definition) is 1. The van der Waals surface area contributed by atoms with Crippen LogP contribution in [0.5, 0.6) is 0 Å². The molecule has 0 saturated carbocycles. The first-order valence-electron chi connectivity index (χ1n) is 7.35. The molecule has 0 spiro atoms. The van der Waals surface area contributed by atoms with Crippen molar-refractivity contribution in [2.24, 2.45) is 0 Å². The number of nitrogens with zero attached hydrogens (tertiary/aromatic N) is 1. The highest BCUT2D eigenvalue weighted by Gasteiger charge is 1.97. The van der Waals surface area contributed by atoms with E-state index in [-0.39, 0.29) is 0 Å². The van der Waals surface area contributed by atoms with E-state index < -0.39 is 0 Å². The fourth-order valence-electron chi connectivity index (χ4n) is 2.43. The molecular formula is C18H23N.